The van der Waals surface area contributed by atoms with Crippen LogP contribution >= 0.6 is 11.6 Å². The van der Waals surface area contributed by atoms with E-state index < -0.39 is 11.5 Å². The van der Waals surface area contributed by atoms with E-state index in [4.69, 9.17) is 11.6 Å². The first-order valence-electron chi connectivity index (χ1n) is 11.5. The Hall–Kier alpha value is -2.79. The Morgan fingerprint density at radius 1 is 1.15 bits per heavy atom. The van der Waals surface area contributed by atoms with Crippen LogP contribution in [-0.2, 0) is 9.59 Å². The van der Waals surface area contributed by atoms with Gasteiger partial charge in [0.2, 0.25) is 11.8 Å². The molecule has 0 aromatic heterocycles. The Balaban J connectivity index is 1.44. The molecule has 1 aromatic carbocycles. The van der Waals surface area contributed by atoms with Crippen molar-refractivity contribution in [3.8, 4) is 6.07 Å². The average molecular weight is 473 g/mol. The van der Waals surface area contributed by atoms with E-state index in [1.807, 2.05) is 12.1 Å². The quantitative estimate of drug-likeness (QED) is 0.708. The molecule has 1 aliphatic carbocycles. The van der Waals surface area contributed by atoms with Crippen LogP contribution in [0.3, 0.4) is 0 Å². The highest BCUT2D eigenvalue weighted by Crippen LogP contribution is 2.47. The number of hydrogen-bond donors (Lipinski definition) is 1. The van der Waals surface area contributed by atoms with Crippen LogP contribution in [0.15, 0.2) is 24.3 Å². The maximum Gasteiger partial charge on any atom is 0.407 e. The summed E-state index contributed by atoms with van der Waals surface area (Å²) in [7, 11) is 0. The van der Waals surface area contributed by atoms with Gasteiger partial charge in [-0.25, -0.2) is 4.79 Å². The smallest absolute Gasteiger partial charge is 0.407 e. The van der Waals surface area contributed by atoms with Crippen LogP contribution in [0.1, 0.15) is 44.1 Å². The van der Waals surface area contributed by atoms with Crippen molar-refractivity contribution in [3.63, 3.8) is 0 Å². The highest BCUT2D eigenvalue weighted by atomic mass is 35.5. The largest absolute Gasteiger partial charge is 0.465 e. The van der Waals surface area contributed by atoms with E-state index in [2.05, 4.69) is 6.07 Å². The van der Waals surface area contributed by atoms with E-state index in [1.54, 1.807) is 28.9 Å². The van der Waals surface area contributed by atoms with Crippen LogP contribution in [-0.4, -0.2) is 76.5 Å². The number of likely N-dealkylation sites (N-methyl/N-ethyl adjacent to an activating group) is 1. The fourth-order valence-electron chi connectivity index (χ4n) is 5.22. The molecular weight excluding hydrogens is 444 g/mol. The number of carbonyl (C=O) groups is 3. The lowest BCUT2D eigenvalue weighted by Crippen LogP contribution is -2.47. The van der Waals surface area contributed by atoms with Gasteiger partial charge in [-0.2, -0.15) is 5.26 Å². The van der Waals surface area contributed by atoms with Gasteiger partial charge in [-0.3, -0.25) is 9.59 Å². The van der Waals surface area contributed by atoms with Crippen molar-refractivity contribution in [1.29, 1.82) is 5.26 Å². The molecule has 2 saturated heterocycles. The third kappa shape index (κ3) is 4.51. The molecule has 0 radical (unpaired) electrons. The summed E-state index contributed by atoms with van der Waals surface area (Å²) in [4.78, 5) is 42.8. The molecule has 8 nitrogen and oxygen atoms in total. The van der Waals surface area contributed by atoms with Crippen LogP contribution in [0.2, 0.25) is 5.02 Å². The van der Waals surface area contributed by atoms with Crippen molar-refractivity contribution in [1.82, 2.24) is 14.7 Å². The highest BCUT2D eigenvalue weighted by molar-refractivity contribution is 6.30. The predicted molar refractivity (Wildman–Crippen MR) is 122 cm³/mol. The third-order valence-electron chi connectivity index (χ3n) is 7.39. The summed E-state index contributed by atoms with van der Waals surface area (Å²) in [6.45, 7) is 3.90. The van der Waals surface area contributed by atoms with Crippen LogP contribution in [0, 0.1) is 22.7 Å². The van der Waals surface area contributed by atoms with Gasteiger partial charge in [0, 0.05) is 49.6 Å². The zero-order valence-corrected chi connectivity index (χ0v) is 19.5. The van der Waals surface area contributed by atoms with E-state index in [1.165, 1.54) is 4.90 Å². The number of carboxylic acid groups (broad SMARTS) is 1. The summed E-state index contributed by atoms with van der Waals surface area (Å²) in [6.07, 6.45) is 1.39. The summed E-state index contributed by atoms with van der Waals surface area (Å²) < 4.78 is 0. The summed E-state index contributed by atoms with van der Waals surface area (Å²) in [5.74, 6) is -0.406. The maximum absolute atomic E-state index is 13.4. The topological polar surface area (TPSA) is 105 Å². The Bertz CT molecular complexity index is 964. The van der Waals surface area contributed by atoms with Crippen molar-refractivity contribution in [2.45, 2.75) is 44.6 Å². The standard InChI is InChI=1S/C24H29ClN4O4/c1-2-29(23(32)33)20-14-28(13-19(20)16-3-5-18(25)6-4-16)21(30)17-7-11-27(12-8-17)22(31)24(15-26)9-10-24/h3-6,17,19-20H,2,7-14H2,1H3,(H,32,33)/t19-,20+/m0/s1. The minimum Gasteiger partial charge on any atom is -0.465 e. The first-order valence-corrected chi connectivity index (χ1v) is 11.9. The van der Waals surface area contributed by atoms with Gasteiger partial charge < -0.3 is 19.8 Å². The van der Waals surface area contributed by atoms with Crippen molar-refractivity contribution < 1.29 is 19.5 Å². The fourth-order valence-corrected chi connectivity index (χ4v) is 5.35. The number of hydrogen-bond acceptors (Lipinski definition) is 4. The van der Waals surface area contributed by atoms with E-state index in [0.29, 0.717) is 63.4 Å². The zero-order valence-electron chi connectivity index (χ0n) is 18.7. The van der Waals surface area contributed by atoms with E-state index in [-0.39, 0.29) is 29.7 Å². The van der Waals surface area contributed by atoms with Crippen molar-refractivity contribution in [3.05, 3.63) is 34.9 Å². The summed E-state index contributed by atoms with van der Waals surface area (Å²) in [5, 5.41) is 19.6. The van der Waals surface area contributed by atoms with Crippen LogP contribution in [0.5, 0.6) is 0 Å². The molecule has 3 amide bonds. The molecule has 176 valence electrons. The summed E-state index contributed by atoms with van der Waals surface area (Å²) >= 11 is 6.04. The number of amides is 3. The Morgan fingerprint density at radius 2 is 1.79 bits per heavy atom. The lowest BCUT2D eigenvalue weighted by molar-refractivity contribution is -0.141. The molecule has 4 rings (SSSR count). The molecule has 0 bridgehead atoms. The molecule has 2 heterocycles. The minimum atomic E-state index is -0.992. The summed E-state index contributed by atoms with van der Waals surface area (Å²) in [6, 6.07) is 9.20. The molecule has 9 heteroatoms. The minimum absolute atomic E-state index is 0.0198. The fraction of sp³-hybridized carbons (Fsp3) is 0.583. The maximum atomic E-state index is 13.4. The van der Waals surface area contributed by atoms with E-state index >= 15 is 0 Å². The number of piperidine rings is 1. The van der Waals surface area contributed by atoms with Gasteiger partial charge in [0.05, 0.1) is 12.1 Å². The van der Waals surface area contributed by atoms with E-state index in [9.17, 15) is 24.8 Å². The lowest BCUT2D eigenvalue weighted by Gasteiger charge is -2.34. The Kier molecular flexibility index (Phi) is 6.53. The normalized spacial score (nSPS) is 24.3. The van der Waals surface area contributed by atoms with Gasteiger partial charge >= 0.3 is 6.09 Å². The van der Waals surface area contributed by atoms with Crippen LogP contribution < -0.4 is 0 Å². The van der Waals surface area contributed by atoms with Crippen molar-refractivity contribution in [2.24, 2.45) is 11.3 Å². The number of nitriles is 1. The number of halogens is 1. The molecule has 3 aliphatic rings. The second-order valence-corrected chi connectivity index (χ2v) is 9.73. The monoisotopic (exact) mass is 472 g/mol. The summed E-state index contributed by atoms with van der Waals surface area (Å²) in [5.41, 5.74) is 0.136. The molecule has 2 atom stereocenters. The molecule has 1 N–H and O–H groups in total. The van der Waals surface area contributed by atoms with Crippen LogP contribution in [0.4, 0.5) is 4.79 Å². The predicted octanol–water partition coefficient (Wildman–Crippen LogP) is 3.18. The molecule has 3 fully saturated rings. The molecular formula is C24H29ClN4O4. The number of rotatable bonds is 5. The molecule has 1 aromatic rings. The number of nitrogens with zero attached hydrogens (tertiary/aromatic N) is 4. The average Bonchev–Trinajstić information content (AvgIpc) is 3.51. The first-order chi connectivity index (χ1) is 15.8. The molecule has 1 saturated carbocycles. The number of benzene rings is 1. The van der Waals surface area contributed by atoms with Gasteiger partial charge in [-0.05, 0) is 50.3 Å². The zero-order chi connectivity index (χ0) is 23.8. The SMILES string of the molecule is CCN(C(=O)O)[C@@H]1CN(C(=O)C2CCN(C(=O)C3(C#N)CC3)CC2)C[C@H]1c1ccc(Cl)cc1. The van der Waals surface area contributed by atoms with Crippen molar-refractivity contribution in [2.75, 3.05) is 32.7 Å². The molecule has 2 aliphatic heterocycles. The highest BCUT2D eigenvalue weighted by Gasteiger charge is 2.53. The molecule has 0 unspecified atom stereocenters. The molecule has 33 heavy (non-hydrogen) atoms. The van der Waals surface area contributed by atoms with Gasteiger partial charge in [0.1, 0.15) is 5.41 Å². The first kappa shape index (κ1) is 23.4. The van der Waals surface area contributed by atoms with Gasteiger partial charge in [0.25, 0.3) is 0 Å². The Morgan fingerprint density at radius 3 is 2.30 bits per heavy atom. The van der Waals surface area contributed by atoms with Gasteiger partial charge in [0.15, 0.2) is 0 Å². The van der Waals surface area contributed by atoms with Crippen molar-refractivity contribution >= 4 is 29.5 Å². The molecule has 0 spiro atoms. The lowest BCUT2D eigenvalue weighted by atomic mass is 9.93. The number of likely N-dealkylation sites (tertiary alicyclic amines) is 2. The third-order valence-corrected chi connectivity index (χ3v) is 7.64. The Labute approximate surface area is 198 Å². The van der Waals surface area contributed by atoms with E-state index in [0.717, 1.165) is 5.56 Å². The van der Waals surface area contributed by atoms with Gasteiger partial charge in [-0.15, -0.1) is 0 Å². The van der Waals surface area contributed by atoms with Gasteiger partial charge in [-0.1, -0.05) is 23.7 Å². The second kappa shape index (κ2) is 9.22. The van der Waals surface area contributed by atoms with Crippen LogP contribution in [0.25, 0.3) is 0 Å². The second-order valence-electron chi connectivity index (χ2n) is 9.30. The number of carbonyl (C=O) groups excluding carboxylic acids is 2.